The molecular weight excluding hydrogens is 376 g/mol. The summed E-state index contributed by atoms with van der Waals surface area (Å²) < 4.78 is 10.8. The lowest BCUT2D eigenvalue weighted by molar-refractivity contribution is -0.0985. The van der Waals surface area contributed by atoms with Gasteiger partial charge in [-0.25, -0.2) is 14.8 Å². The second kappa shape index (κ2) is 13.9. The molecular formula is C25H36N2O3. The van der Waals surface area contributed by atoms with E-state index < -0.39 is 6.29 Å². The Kier molecular flexibility index (Phi) is 11.1. The fraction of sp³-hybridized carbons (Fsp3) is 0.560. The highest BCUT2D eigenvalue weighted by atomic mass is 16.7. The van der Waals surface area contributed by atoms with Crippen molar-refractivity contribution in [3.8, 4) is 11.4 Å². The van der Waals surface area contributed by atoms with Crippen LogP contribution in [0.5, 0.6) is 0 Å². The summed E-state index contributed by atoms with van der Waals surface area (Å²) in [4.78, 5) is 21.2. The Balaban J connectivity index is 1.81. The van der Waals surface area contributed by atoms with Crippen LogP contribution < -0.4 is 0 Å². The van der Waals surface area contributed by atoms with Gasteiger partial charge in [0.15, 0.2) is 12.1 Å². The first-order valence-corrected chi connectivity index (χ1v) is 11.4. The van der Waals surface area contributed by atoms with E-state index in [0.717, 1.165) is 24.8 Å². The van der Waals surface area contributed by atoms with Crippen molar-refractivity contribution in [1.29, 1.82) is 0 Å². The number of carbonyl (C=O) groups is 1. The van der Waals surface area contributed by atoms with Crippen molar-refractivity contribution in [3.05, 3.63) is 47.8 Å². The molecule has 0 aliphatic rings. The minimum Gasteiger partial charge on any atom is -0.432 e. The number of hydrogen-bond acceptors (Lipinski definition) is 5. The van der Waals surface area contributed by atoms with Crippen molar-refractivity contribution in [1.82, 2.24) is 9.97 Å². The van der Waals surface area contributed by atoms with Gasteiger partial charge in [0, 0.05) is 18.0 Å². The molecule has 0 amide bonds. The zero-order chi connectivity index (χ0) is 21.6. The van der Waals surface area contributed by atoms with Gasteiger partial charge in [0.05, 0.1) is 12.2 Å². The lowest BCUT2D eigenvalue weighted by atomic mass is 10.1. The van der Waals surface area contributed by atoms with Gasteiger partial charge in [0.1, 0.15) is 0 Å². The first-order chi connectivity index (χ1) is 14.6. The molecule has 1 aromatic carbocycles. The first kappa shape index (κ1) is 24.0. The highest BCUT2D eigenvalue weighted by Gasteiger charge is 2.12. The highest BCUT2D eigenvalue weighted by molar-refractivity contribution is 5.90. The van der Waals surface area contributed by atoms with Gasteiger partial charge in [0.2, 0.25) is 0 Å². The summed E-state index contributed by atoms with van der Waals surface area (Å²) in [7, 11) is 0. The molecule has 0 bridgehead atoms. The maximum atomic E-state index is 12.2. The monoisotopic (exact) mass is 412 g/mol. The van der Waals surface area contributed by atoms with Gasteiger partial charge < -0.3 is 9.47 Å². The van der Waals surface area contributed by atoms with Crippen molar-refractivity contribution in [2.45, 2.75) is 84.8 Å². The maximum Gasteiger partial charge on any atom is 0.340 e. The van der Waals surface area contributed by atoms with E-state index in [2.05, 4.69) is 23.8 Å². The fourth-order valence-electron chi connectivity index (χ4n) is 3.14. The number of ether oxygens (including phenoxy) is 2. The Hall–Kier alpha value is -2.27. The topological polar surface area (TPSA) is 61.3 Å². The molecule has 0 N–H and O–H groups in total. The molecule has 1 unspecified atom stereocenters. The summed E-state index contributed by atoms with van der Waals surface area (Å²) in [6.07, 6.45) is 14.0. The number of carbonyl (C=O) groups excluding carboxylic acids is 1. The summed E-state index contributed by atoms with van der Waals surface area (Å²) in [5.74, 6) is 0.277. The SMILES string of the molecule is CCCCCCCCc1cnc(-c2ccc(C(=O)OC(C)OCCCC)cc2)nc1. The van der Waals surface area contributed by atoms with Crippen LogP contribution in [0.2, 0.25) is 0 Å². The quantitative estimate of drug-likeness (QED) is 0.205. The van der Waals surface area contributed by atoms with E-state index in [1.165, 1.54) is 44.1 Å². The Labute approximate surface area is 181 Å². The molecule has 1 atom stereocenters. The maximum absolute atomic E-state index is 12.2. The molecule has 0 radical (unpaired) electrons. The predicted molar refractivity (Wildman–Crippen MR) is 120 cm³/mol. The predicted octanol–water partition coefficient (Wildman–Crippen LogP) is 6.37. The van der Waals surface area contributed by atoms with E-state index in [1.807, 2.05) is 24.5 Å². The number of rotatable bonds is 14. The minimum absolute atomic E-state index is 0.388. The number of hydrogen-bond donors (Lipinski definition) is 0. The second-order valence-electron chi connectivity index (χ2n) is 7.71. The molecule has 0 aliphatic heterocycles. The smallest absolute Gasteiger partial charge is 0.340 e. The molecule has 1 aromatic heterocycles. The zero-order valence-corrected chi connectivity index (χ0v) is 18.7. The summed E-state index contributed by atoms with van der Waals surface area (Å²) in [6.45, 7) is 6.66. The van der Waals surface area contributed by atoms with E-state index in [4.69, 9.17) is 9.47 Å². The Morgan fingerprint density at radius 1 is 0.900 bits per heavy atom. The summed E-state index contributed by atoms with van der Waals surface area (Å²) >= 11 is 0. The summed E-state index contributed by atoms with van der Waals surface area (Å²) in [6, 6.07) is 7.18. The van der Waals surface area contributed by atoms with Crippen molar-refractivity contribution >= 4 is 5.97 Å². The number of esters is 1. The van der Waals surface area contributed by atoms with Gasteiger partial charge in [-0.05, 0) is 43.9 Å². The molecule has 0 fully saturated rings. The van der Waals surface area contributed by atoms with Crippen LogP contribution in [0.15, 0.2) is 36.7 Å². The fourth-order valence-corrected chi connectivity index (χ4v) is 3.14. The average Bonchev–Trinajstić information content (AvgIpc) is 2.77. The Morgan fingerprint density at radius 3 is 2.20 bits per heavy atom. The standard InChI is InChI=1S/C25H36N2O3/c1-4-6-8-9-10-11-12-21-18-26-24(27-19-21)22-13-15-23(16-14-22)25(28)30-20(3)29-17-7-5-2/h13-16,18-20H,4-12,17H2,1-3H3. The molecule has 5 heteroatoms. The van der Waals surface area contributed by atoms with Crippen LogP contribution in [-0.4, -0.2) is 28.8 Å². The third-order valence-corrected chi connectivity index (χ3v) is 5.03. The van der Waals surface area contributed by atoms with Crippen molar-refractivity contribution in [3.63, 3.8) is 0 Å². The van der Waals surface area contributed by atoms with Crippen LogP contribution in [-0.2, 0) is 15.9 Å². The largest absolute Gasteiger partial charge is 0.432 e. The van der Waals surface area contributed by atoms with Crippen LogP contribution in [0.25, 0.3) is 11.4 Å². The van der Waals surface area contributed by atoms with E-state index in [1.54, 1.807) is 19.1 Å². The molecule has 2 aromatic rings. The van der Waals surface area contributed by atoms with Crippen LogP contribution >= 0.6 is 0 Å². The number of benzene rings is 1. The number of unbranched alkanes of at least 4 members (excludes halogenated alkanes) is 6. The van der Waals surface area contributed by atoms with E-state index in [0.29, 0.717) is 18.0 Å². The molecule has 0 aliphatic carbocycles. The molecule has 30 heavy (non-hydrogen) atoms. The molecule has 0 saturated heterocycles. The molecule has 0 saturated carbocycles. The third-order valence-electron chi connectivity index (χ3n) is 5.03. The van der Waals surface area contributed by atoms with Gasteiger partial charge in [-0.1, -0.05) is 64.5 Å². The van der Waals surface area contributed by atoms with E-state index in [9.17, 15) is 4.79 Å². The van der Waals surface area contributed by atoms with Crippen LogP contribution in [0.4, 0.5) is 0 Å². The van der Waals surface area contributed by atoms with Crippen molar-refractivity contribution < 1.29 is 14.3 Å². The van der Waals surface area contributed by atoms with Crippen LogP contribution in [0.1, 0.15) is 88.1 Å². The average molecular weight is 413 g/mol. The number of aromatic nitrogens is 2. The van der Waals surface area contributed by atoms with Gasteiger partial charge in [-0.2, -0.15) is 0 Å². The summed E-state index contributed by atoms with van der Waals surface area (Å²) in [5, 5.41) is 0. The van der Waals surface area contributed by atoms with Gasteiger partial charge in [-0.3, -0.25) is 0 Å². The molecule has 164 valence electrons. The lowest BCUT2D eigenvalue weighted by Crippen LogP contribution is -2.18. The van der Waals surface area contributed by atoms with E-state index >= 15 is 0 Å². The number of aryl methyl sites for hydroxylation is 1. The van der Waals surface area contributed by atoms with Gasteiger partial charge in [0.25, 0.3) is 0 Å². The molecule has 5 nitrogen and oxygen atoms in total. The Morgan fingerprint density at radius 2 is 1.53 bits per heavy atom. The highest BCUT2D eigenvalue weighted by Crippen LogP contribution is 2.17. The lowest BCUT2D eigenvalue weighted by Gasteiger charge is -2.14. The van der Waals surface area contributed by atoms with E-state index in [-0.39, 0.29) is 5.97 Å². The van der Waals surface area contributed by atoms with Gasteiger partial charge in [-0.15, -0.1) is 0 Å². The molecule has 1 heterocycles. The Bertz CT molecular complexity index is 729. The van der Waals surface area contributed by atoms with Crippen molar-refractivity contribution in [2.75, 3.05) is 6.61 Å². The third kappa shape index (κ3) is 8.62. The molecule has 0 spiro atoms. The second-order valence-corrected chi connectivity index (χ2v) is 7.71. The van der Waals surface area contributed by atoms with Crippen LogP contribution in [0.3, 0.4) is 0 Å². The first-order valence-electron chi connectivity index (χ1n) is 11.4. The molecule has 2 rings (SSSR count). The van der Waals surface area contributed by atoms with Crippen LogP contribution in [0, 0.1) is 0 Å². The summed E-state index contributed by atoms with van der Waals surface area (Å²) in [5.41, 5.74) is 2.54. The van der Waals surface area contributed by atoms with Crippen molar-refractivity contribution in [2.24, 2.45) is 0 Å². The van der Waals surface area contributed by atoms with Gasteiger partial charge >= 0.3 is 5.97 Å². The number of nitrogens with zero attached hydrogens (tertiary/aromatic N) is 2. The minimum atomic E-state index is -0.550. The normalized spacial score (nSPS) is 12.0. The zero-order valence-electron chi connectivity index (χ0n) is 18.7.